The molecule has 1 fully saturated rings. The number of halogens is 10. The number of ether oxygens (including phenoxy) is 1. The molecule has 2 heterocycles. The third kappa shape index (κ3) is 7.90. The number of fused-ring (bicyclic) bond motifs is 1. The van der Waals surface area contributed by atoms with Gasteiger partial charge in [-0.2, -0.15) is 31.3 Å². The molecular formula is C24H22F10N4O3. The fourth-order valence-electron chi connectivity index (χ4n) is 4.60. The molecule has 4 rings (SSSR count). The molecule has 1 aromatic heterocycles. The Kier molecular flexibility index (Phi) is 9.94. The molecule has 2 aliphatic rings. The molecule has 0 saturated heterocycles. The fourth-order valence-corrected chi connectivity index (χ4v) is 4.60. The molecule has 1 aliphatic heterocycles. The van der Waals surface area contributed by atoms with Crippen LogP contribution in [0.5, 0.6) is 6.01 Å². The Morgan fingerprint density at radius 1 is 0.951 bits per heavy atom. The monoisotopic (exact) mass is 604 g/mol. The molecule has 17 heteroatoms. The lowest BCUT2D eigenvalue weighted by molar-refractivity contribution is -0.193. The molecule has 3 atom stereocenters. The number of carbonyl (C=O) groups excluding carboxylic acids is 2. The van der Waals surface area contributed by atoms with Gasteiger partial charge in [-0.3, -0.25) is 14.5 Å². The van der Waals surface area contributed by atoms with Gasteiger partial charge in [-0.1, -0.05) is 0 Å². The second-order valence-corrected chi connectivity index (χ2v) is 9.25. The Morgan fingerprint density at radius 2 is 1.56 bits per heavy atom. The second kappa shape index (κ2) is 12.7. The van der Waals surface area contributed by atoms with Crippen molar-refractivity contribution in [2.45, 2.75) is 62.7 Å². The first-order valence-corrected chi connectivity index (χ1v) is 11.9. The highest BCUT2D eigenvalue weighted by Gasteiger charge is 2.54. The van der Waals surface area contributed by atoms with Gasteiger partial charge in [0.05, 0.1) is 5.69 Å². The van der Waals surface area contributed by atoms with E-state index in [-0.39, 0.29) is 36.2 Å². The van der Waals surface area contributed by atoms with E-state index < -0.39 is 48.0 Å². The van der Waals surface area contributed by atoms with Crippen LogP contribution in [0.4, 0.5) is 43.9 Å². The van der Waals surface area contributed by atoms with E-state index >= 15 is 0 Å². The van der Waals surface area contributed by atoms with Crippen LogP contribution in [0.3, 0.4) is 0 Å². The van der Waals surface area contributed by atoms with Crippen molar-refractivity contribution in [3.05, 3.63) is 52.6 Å². The number of Topliss-reactive ketones (excluding diaryl/α,β-unsaturated/α-hetero) is 2. The molecule has 0 unspecified atom stereocenters. The quantitative estimate of drug-likeness (QED) is 0.295. The highest BCUT2D eigenvalue weighted by atomic mass is 19.4. The largest absolute Gasteiger partial charge is 0.461 e. The van der Waals surface area contributed by atoms with Crippen molar-refractivity contribution >= 4 is 11.6 Å². The van der Waals surface area contributed by atoms with Crippen LogP contribution in [-0.2, 0) is 22.7 Å². The summed E-state index contributed by atoms with van der Waals surface area (Å²) in [6, 6.07) is 1.47. The molecule has 2 aromatic rings. The summed E-state index contributed by atoms with van der Waals surface area (Å²) in [5.74, 6) is -10.2. The molecule has 0 amide bonds. The summed E-state index contributed by atoms with van der Waals surface area (Å²) in [4.78, 5) is 29.9. The molecular weight excluding hydrogens is 582 g/mol. The van der Waals surface area contributed by atoms with Crippen LogP contribution in [0.15, 0.2) is 18.3 Å². The lowest BCUT2D eigenvalue weighted by Crippen LogP contribution is -2.44. The summed E-state index contributed by atoms with van der Waals surface area (Å²) in [5, 5.41) is 0. The van der Waals surface area contributed by atoms with Crippen molar-refractivity contribution in [2.24, 2.45) is 5.73 Å². The Balaban J connectivity index is 0.000000327. The third-order valence-electron chi connectivity index (χ3n) is 6.52. The molecule has 1 saturated carbocycles. The van der Waals surface area contributed by atoms with Gasteiger partial charge < -0.3 is 10.5 Å². The summed E-state index contributed by atoms with van der Waals surface area (Å²) >= 11 is 0. The number of alkyl halides is 7. The first-order chi connectivity index (χ1) is 19.0. The van der Waals surface area contributed by atoms with Gasteiger partial charge in [0.1, 0.15) is 19.1 Å². The van der Waals surface area contributed by atoms with Crippen LogP contribution < -0.4 is 10.5 Å². The maximum Gasteiger partial charge on any atom is 0.458 e. The lowest BCUT2D eigenvalue weighted by atomic mass is 9.77. The molecule has 0 radical (unpaired) electrons. The van der Waals surface area contributed by atoms with E-state index in [1.165, 1.54) is 0 Å². The molecule has 1 aliphatic carbocycles. The summed E-state index contributed by atoms with van der Waals surface area (Å²) in [5.41, 5.74) is 8.29. The lowest BCUT2D eigenvalue weighted by Gasteiger charge is -2.38. The second-order valence-electron chi connectivity index (χ2n) is 9.25. The van der Waals surface area contributed by atoms with Gasteiger partial charge in [0.2, 0.25) is 0 Å². The Morgan fingerprint density at radius 3 is 2.12 bits per heavy atom. The third-order valence-corrected chi connectivity index (χ3v) is 6.52. The molecule has 7 nitrogen and oxygen atoms in total. The number of nitrogens with zero attached hydrogens (tertiary/aromatic N) is 3. The van der Waals surface area contributed by atoms with Crippen molar-refractivity contribution in [1.82, 2.24) is 14.9 Å². The first-order valence-electron chi connectivity index (χ1n) is 11.9. The van der Waals surface area contributed by atoms with Gasteiger partial charge in [-0.05, 0) is 30.9 Å². The van der Waals surface area contributed by atoms with E-state index in [1.54, 1.807) is 6.20 Å². The average molecular weight is 604 g/mol. The number of carbonyl (C=O) groups is 2. The Hall–Kier alpha value is -3.34. The van der Waals surface area contributed by atoms with Gasteiger partial charge >= 0.3 is 29.9 Å². The minimum absolute atomic E-state index is 0.0814. The predicted molar refractivity (Wildman–Crippen MR) is 120 cm³/mol. The summed E-state index contributed by atoms with van der Waals surface area (Å²) < 4.78 is 125. The predicted octanol–water partition coefficient (Wildman–Crippen LogP) is 4.47. The molecule has 1 aromatic carbocycles. The Bertz CT molecular complexity index is 1250. The van der Waals surface area contributed by atoms with Gasteiger partial charge in [0.15, 0.2) is 11.6 Å². The zero-order chi connectivity index (χ0) is 30.7. The zero-order valence-corrected chi connectivity index (χ0v) is 20.8. The van der Waals surface area contributed by atoms with Crippen molar-refractivity contribution in [3.63, 3.8) is 0 Å². The van der Waals surface area contributed by atoms with Crippen LogP contribution in [0.25, 0.3) is 0 Å². The number of aromatic nitrogens is 2. The van der Waals surface area contributed by atoms with Crippen LogP contribution in [0, 0.1) is 17.5 Å². The Labute approximate surface area is 225 Å². The smallest absolute Gasteiger partial charge is 0.458 e. The molecule has 2 N–H and O–H groups in total. The molecule has 0 bridgehead atoms. The number of rotatable bonds is 6. The molecule has 0 spiro atoms. The first kappa shape index (κ1) is 32.2. The molecule has 226 valence electrons. The normalized spacial score (nSPS) is 21.1. The van der Waals surface area contributed by atoms with E-state index in [9.17, 15) is 53.5 Å². The van der Waals surface area contributed by atoms with Crippen molar-refractivity contribution in [1.29, 1.82) is 0 Å². The number of ketones is 2. The SMILES string of the molecule is N[C@H]1C[C@@H](N2Cc3cnc(OCCF)nc3C2)CC[C@@H]1c1cc(F)c(F)cc1F.O=C(C(=O)C(F)(F)F)C(F)(F)F. The average Bonchev–Trinajstić information content (AvgIpc) is 3.31. The summed E-state index contributed by atoms with van der Waals surface area (Å²) in [6.07, 6.45) is -7.91. The van der Waals surface area contributed by atoms with E-state index in [0.29, 0.717) is 32.0 Å². The van der Waals surface area contributed by atoms with E-state index in [4.69, 9.17) is 10.5 Å². The van der Waals surface area contributed by atoms with Gasteiger partial charge in [-0.15, -0.1) is 0 Å². The van der Waals surface area contributed by atoms with Crippen molar-refractivity contribution in [2.75, 3.05) is 13.3 Å². The standard InChI is InChI=1S/C20H22F4N4O.C4F6O2/c21-3-4-29-20-26-8-11-9-28(10-19(11)27-20)12-1-2-13(18(25)5-12)14-6-16(23)17(24)7-15(14)22;5-3(6,7)1(11)2(12)4(8,9)10/h6-8,12-13,18H,1-5,9-10,25H2;/t12-,13+,18-;/m0./s1. The number of benzene rings is 1. The number of hydrogen-bond donors (Lipinski definition) is 1. The van der Waals surface area contributed by atoms with Crippen LogP contribution in [0.1, 0.15) is 42.0 Å². The van der Waals surface area contributed by atoms with E-state index in [2.05, 4.69) is 14.9 Å². The highest BCUT2D eigenvalue weighted by Crippen LogP contribution is 2.38. The minimum atomic E-state index is -5.77. The zero-order valence-electron chi connectivity index (χ0n) is 20.8. The fraction of sp³-hybridized carbons (Fsp3) is 0.500. The minimum Gasteiger partial charge on any atom is -0.461 e. The van der Waals surface area contributed by atoms with E-state index in [0.717, 1.165) is 23.7 Å². The van der Waals surface area contributed by atoms with Crippen LogP contribution in [-0.4, -0.2) is 64.2 Å². The van der Waals surface area contributed by atoms with Gasteiger partial charge in [-0.25, -0.2) is 22.5 Å². The van der Waals surface area contributed by atoms with Crippen molar-refractivity contribution < 1.29 is 58.2 Å². The summed E-state index contributed by atoms with van der Waals surface area (Å²) in [7, 11) is 0. The number of nitrogens with two attached hydrogens (primary N) is 1. The maximum atomic E-state index is 14.2. The van der Waals surface area contributed by atoms with E-state index in [1.807, 2.05) is 0 Å². The van der Waals surface area contributed by atoms with Gasteiger partial charge in [0.25, 0.3) is 0 Å². The topological polar surface area (TPSA) is 98.4 Å². The van der Waals surface area contributed by atoms with Gasteiger partial charge in [0, 0.05) is 48.9 Å². The number of hydrogen-bond acceptors (Lipinski definition) is 7. The highest BCUT2D eigenvalue weighted by molar-refractivity contribution is 6.41. The van der Waals surface area contributed by atoms with Crippen LogP contribution >= 0.6 is 0 Å². The van der Waals surface area contributed by atoms with Crippen LogP contribution in [0.2, 0.25) is 0 Å². The maximum absolute atomic E-state index is 14.2. The van der Waals surface area contributed by atoms with Crippen molar-refractivity contribution in [3.8, 4) is 6.01 Å². The summed E-state index contributed by atoms with van der Waals surface area (Å²) in [6.45, 7) is 0.583. The molecule has 41 heavy (non-hydrogen) atoms.